The number of nitrogens with two attached hydrogens (primary N) is 1. The first-order chi connectivity index (χ1) is 14.5. The molecule has 0 radical (unpaired) electrons. The van der Waals surface area contributed by atoms with Gasteiger partial charge in [0.05, 0.1) is 10.8 Å². The molecular weight excluding hydrogens is 400 g/mol. The van der Waals surface area contributed by atoms with E-state index in [1.165, 1.54) is 0 Å². The van der Waals surface area contributed by atoms with Crippen molar-refractivity contribution in [2.75, 3.05) is 11.1 Å². The molecule has 0 spiro atoms. The van der Waals surface area contributed by atoms with Crippen molar-refractivity contribution in [3.63, 3.8) is 0 Å². The van der Waals surface area contributed by atoms with E-state index in [1.54, 1.807) is 25.1 Å². The summed E-state index contributed by atoms with van der Waals surface area (Å²) < 4.78 is 4.97. The van der Waals surface area contributed by atoms with Gasteiger partial charge in [-0.15, -0.1) is 0 Å². The lowest BCUT2D eigenvalue weighted by Gasteiger charge is -2.17. The quantitative estimate of drug-likeness (QED) is 0.574. The predicted octanol–water partition coefficient (Wildman–Crippen LogP) is 3.88. The number of aryl methyl sites for hydroxylation is 1. The molecule has 1 atom stereocenters. The number of pyridine rings is 1. The summed E-state index contributed by atoms with van der Waals surface area (Å²) in [6, 6.07) is 14.8. The minimum Gasteiger partial charge on any atom is -0.383 e. The van der Waals surface area contributed by atoms with Gasteiger partial charge in [-0.25, -0.2) is 4.98 Å². The van der Waals surface area contributed by atoms with Crippen LogP contribution in [-0.4, -0.2) is 21.3 Å². The van der Waals surface area contributed by atoms with Crippen LogP contribution in [0, 0.1) is 29.6 Å². The standard InChI is InChI=1S/C21H18N6O2S/c1-3-16(20(28)25-17-9-12(2)29-27-17)30-21-15(11-23)18(13-7-5-4-6-8-13)14(10-22)19(24)26-21/h4-9,16H,3H2,1-2H3,(H2,24,26)(H,25,27,28). The maximum Gasteiger partial charge on any atom is 0.239 e. The van der Waals surface area contributed by atoms with Gasteiger partial charge in [0.25, 0.3) is 0 Å². The predicted molar refractivity (Wildman–Crippen MR) is 113 cm³/mol. The second kappa shape index (κ2) is 9.12. The number of thioether (sulfide) groups is 1. The van der Waals surface area contributed by atoms with E-state index in [2.05, 4.69) is 21.5 Å². The van der Waals surface area contributed by atoms with Gasteiger partial charge >= 0.3 is 0 Å². The summed E-state index contributed by atoms with van der Waals surface area (Å²) >= 11 is 1.12. The van der Waals surface area contributed by atoms with Crippen molar-refractivity contribution in [2.45, 2.75) is 30.5 Å². The number of hydrogen-bond donors (Lipinski definition) is 2. The zero-order valence-corrected chi connectivity index (χ0v) is 17.2. The van der Waals surface area contributed by atoms with Crippen LogP contribution in [0.15, 0.2) is 45.9 Å². The average Bonchev–Trinajstić information content (AvgIpc) is 3.16. The highest BCUT2D eigenvalue weighted by molar-refractivity contribution is 8.00. The fourth-order valence-electron chi connectivity index (χ4n) is 2.87. The Morgan fingerprint density at radius 1 is 1.27 bits per heavy atom. The van der Waals surface area contributed by atoms with Crippen LogP contribution in [0.2, 0.25) is 0 Å². The van der Waals surface area contributed by atoms with E-state index in [0.29, 0.717) is 34.2 Å². The number of aromatic nitrogens is 2. The third kappa shape index (κ3) is 4.27. The second-order valence-corrected chi connectivity index (χ2v) is 7.54. The number of nitrogens with one attached hydrogen (secondary N) is 1. The zero-order chi connectivity index (χ0) is 21.7. The molecule has 3 aromatic rings. The molecule has 0 aliphatic rings. The monoisotopic (exact) mass is 418 g/mol. The smallest absolute Gasteiger partial charge is 0.239 e. The molecule has 2 heterocycles. The molecule has 1 aromatic carbocycles. The normalized spacial score (nSPS) is 11.3. The maximum absolute atomic E-state index is 12.7. The van der Waals surface area contributed by atoms with Crippen molar-refractivity contribution in [1.82, 2.24) is 10.1 Å². The summed E-state index contributed by atoms with van der Waals surface area (Å²) in [6.45, 7) is 3.57. The van der Waals surface area contributed by atoms with Crippen molar-refractivity contribution in [2.24, 2.45) is 0 Å². The Balaban J connectivity index is 2.01. The molecule has 0 saturated carbocycles. The number of carbonyl (C=O) groups is 1. The molecular formula is C21H18N6O2S. The molecule has 9 heteroatoms. The number of carbonyl (C=O) groups excluding carboxylic acids is 1. The van der Waals surface area contributed by atoms with Gasteiger partial charge in [-0.3, -0.25) is 4.79 Å². The highest BCUT2D eigenvalue weighted by Gasteiger charge is 2.25. The first-order valence-electron chi connectivity index (χ1n) is 9.08. The van der Waals surface area contributed by atoms with E-state index in [4.69, 9.17) is 10.3 Å². The summed E-state index contributed by atoms with van der Waals surface area (Å²) in [5, 5.41) is 25.6. The zero-order valence-electron chi connectivity index (χ0n) is 16.3. The van der Waals surface area contributed by atoms with Gasteiger partial charge in [0, 0.05) is 11.6 Å². The molecule has 0 bridgehead atoms. The van der Waals surface area contributed by atoms with Gasteiger partial charge in [0.1, 0.15) is 34.3 Å². The summed E-state index contributed by atoms with van der Waals surface area (Å²) in [5.41, 5.74) is 7.47. The molecule has 3 rings (SSSR count). The molecule has 150 valence electrons. The lowest BCUT2D eigenvalue weighted by Crippen LogP contribution is -2.25. The van der Waals surface area contributed by atoms with E-state index in [-0.39, 0.29) is 22.9 Å². The van der Waals surface area contributed by atoms with Gasteiger partial charge in [-0.1, -0.05) is 54.2 Å². The molecule has 2 aromatic heterocycles. The molecule has 0 saturated heterocycles. The van der Waals surface area contributed by atoms with Crippen LogP contribution in [0.3, 0.4) is 0 Å². The fraction of sp³-hybridized carbons (Fsp3) is 0.190. The number of nitrogen functional groups attached to an aromatic ring is 1. The molecule has 1 amide bonds. The van der Waals surface area contributed by atoms with Crippen LogP contribution < -0.4 is 11.1 Å². The Bertz CT molecular complexity index is 1160. The van der Waals surface area contributed by atoms with E-state index >= 15 is 0 Å². The molecule has 1 unspecified atom stereocenters. The molecule has 30 heavy (non-hydrogen) atoms. The lowest BCUT2D eigenvalue weighted by atomic mass is 9.97. The SMILES string of the molecule is CCC(Sc1nc(N)c(C#N)c(-c2ccccc2)c1C#N)C(=O)Nc1cc(C)on1. The lowest BCUT2D eigenvalue weighted by molar-refractivity contribution is -0.115. The minimum atomic E-state index is -0.558. The van der Waals surface area contributed by atoms with Crippen molar-refractivity contribution < 1.29 is 9.32 Å². The van der Waals surface area contributed by atoms with Gasteiger partial charge in [-0.05, 0) is 18.9 Å². The number of nitrogens with zero attached hydrogens (tertiary/aromatic N) is 4. The largest absolute Gasteiger partial charge is 0.383 e. The molecule has 0 fully saturated rings. The Kier molecular flexibility index (Phi) is 6.35. The van der Waals surface area contributed by atoms with E-state index < -0.39 is 5.25 Å². The van der Waals surface area contributed by atoms with Crippen molar-refractivity contribution in [3.8, 4) is 23.3 Å². The molecule has 3 N–H and O–H groups in total. The van der Waals surface area contributed by atoms with Crippen LogP contribution in [0.25, 0.3) is 11.1 Å². The highest BCUT2D eigenvalue weighted by Crippen LogP contribution is 2.37. The minimum absolute atomic E-state index is 0.0141. The van der Waals surface area contributed by atoms with E-state index in [9.17, 15) is 15.3 Å². The number of benzene rings is 1. The van der Waals surface area contributed by atoms with Gasteiger partial charge < -0.3 is 15.6 Å². The summed E-state index contributed by atoms with van der Waals surface area (Å²) in [4.78, 5) is 17.0. The van der Waals surface area contributed by atoms with Crippen LogP contribution in [0.5, 0.6) is 0 Å². The topological polar surface area (TPSA) is 142 Å². The number of nitriles is 2. The van der Waals surface area contributed by atoms with Gasteiger partial charge in [-0.2, -0.15) is 10.5 Å². The number of amides is 1. The van der Waals surface area contributed by atoms with Crippen LogP contribution >= 0.6 is 11.8 Å². The Morgan fingerprint density at radius 2 is 1.97 bits per heavy atom. The average molecular weight is 418 g/mol. The number of anilines is 2. The van der Waals surface area contributed by atoms with Crippen molar-refractivity contribution >= 4 is 29.3 Å². The van der Waals surface area contributed by atoms with E-state index in [0.717, 1.165) is 11.8 Å². The van der Waals surface area contributed by atoms with Crippen LogP contribution in [-0.2, 0) is 4.79 Å². The third-order valence-electron chi connectivity index (χ3n) is 4.27. The van der Waals surface area contributed by atoms with Crippen LogP contribution in [0.1, 0.15) is 30.2 Å². The van der Waals surface area contributed by atoms with Crippen molar-refractivity contribution in [3.05, 3.63) is 53.3 Å². The Hall–Kier alpha value is -3.82. The van der Waals surface area contributed by atoms with Crippen molar-refractivity contribution in [1.29, 1.82) is 10.5 Å². The van der Waals surface area contributed by atoms with Gasteiger partial charge in [0.2, 0.25) is 5.91 Å². The molecule has 0 aliphatic carbocycles. The molecule has 8 nitrogen and oxygen atoms in total. The van der Waals surface area contributed by atoms with Gasteiger partial charge in [0.15, 0.2) is 5.82 Å². The Morgan fingerprint density at radius 3 is 2.53 bits per heavy atom. The van der Waals surface area contributed by atoms with Crippen LogP contribution in [0.4, 0.5) is 11.6 Å². The maximum atomic E-state index is 12.7. The number of hydrogen-bond acceptors (Lipinski definition) is 8. The third-order valence-corrected chi connectivity index (χ3v) is 5.63. The first-order valence-corrected chi connectivity index (χ1v) is 9.96. The summed E-state index contributed by atoms with van der Waals surface area (Å²) in [7, 11) is 0. The fourth-order valence-corrected chi connectivity index (χ4v) is 3.88. The number of rotatable bonds is 6. The molecule has 0 aliphatic heterocycles. The van der Waals surface area contributed by atoms with E-state index in [1.807, 2.05) is 31.2 Å². The Labute approximate surface area is 177 Å². The summed E-state index contributed by atoms with van der Waals surface area (Å²) in [6.07, 6.45) is 0.473. The summed E-state index contributed by atoms with van der Waals surface area (Å²) in [5.74, 6) is 0.604. The second-order valence-electron chi connectivity index (χ2n) is 6.34. The first kappa shape index (κ1) is 20.9. The highest BCUT2D eigenvalue weighted by atomic mass is 32.2.